The Balaban J connectivity index is 1.53. The van der Waals surface area contributed by atoms with E-state index in [1.807, 2.05) is 0 Å². The Kier molecular flexibility index (Phi) is 12.3. The van der Waals surface area contributed by atoms with Gasteiger partial charge in [-0.05, 0) is 66.8 Å². The summed E-state index contributed by atoms with van der Waals surface area (Å²) < 4.78 is 40.3. The zero-order valence-electron chi connectivity index (χ0n) is 22.7. The number of carbonyl (C=O) groups excluding carboxylic acids is 1. The van der Waals surface area contributed by atoms with Gasteiger partial charge in [0.1, 0.15) is 11.6 Å². The maximum absolute atomic E-state index is 14.8. The molecule has 3 aromatic carbocycles. The molecule has 3 aromatic rings. The Morgan fingerprint density at radius 1 is 0.711 bits per heavy atom. The van der Waals surface area contributed by atoms with E-state index in [9.17, 15) is 13.6 Å². The van der Waals surface area contributed by atoms with E-state index in [1.165, 1.54) is 56.7 Å². The van der Waals surface area contributed by atoms with Crippen LogP contribution in [0.25, 0.3) is 11.1 Å². The van der Waals surface area contributed by atoms with Gasteiger partial charge in [0.25, 0.3) is 0 Å². The molecule has 3 nitrogen and oxygen atoms in total. The first kappa shape index (κ1) is 29.3. The minimum Gasteiger partial charge on any atom is -0.493 e. The number of aryl methyl sites for hydroxylation is 1. The number of halogens is 2. The minimum absolute atomic E-state index is 0.0965. The van der Waals surface area contributed by atoms with Crippen molar-refractivity contribution in [2.45, 2.75) is 84.5 Å². The Bertz CT molecular complexity index is 1140. The summed E-state index contributed by atoms with van der Waals surface area (Å²) in [5.41, 5.74) is 2.20. The van der Waals surface area contributed by atoms with E-state index in [0.29, 0.717) is 23.5 Å². The Morgan fingerprint density at radius 3 is 2.05 bits per heavy atom. The second-order valence-electron chi connectivity index (χ2n) is 9.80. The van der Waals surface area contributed by atoms with E-state index >= 15 is 0 Å². The Hall–Kier alpha value is -3.21. The fourth-order valence-corrected chi connectivity index (χ4v) is 4.38. The Labute approximate surface area is 226 Å². The van der Waals surface area contributed by atoms with Gasteiger partial charge in [-0.3, -0.25) is 0 Å². The van der Waals surface area contributed by atoms with Gasteiger partial charge in [-0.25, -0.2) is 13.6 Å². The predicted molar refractivity (Wildman–Crippen MR) is 150 cm³/mol. The normalized spacial score (nSPS) is 10.9. The van der Waals surface area contributed by atoms with Crippen LogP contribution in [0, 0.1) is 11.6 Å². The number of benzene rings is 3. The van der Waals surface area contributed by atoms with Crippen molar-refractivity contribution in [3.63, 3.8) is 0 Å². The molecule has 0 fully saturated rings. The highest BCUT2D eigenvalue weighted by molar-refractivity contribution is 5.91. The number of esters is 1. The van der Waals surface area contributed by atoms with Crippen molar-refractivity contribution in [1.82, 2.24) is 0 Å². The second-order valence-corrected chi connectivity index (χ2v) is 9.80. The quantitative estimate of drug-likeness (QED) is 0.107. The van der Waals surface area contributed by atoms with Crippen LogP contribution in [0.5, 0.6) is 11.5 Å². The fraction of sp³-hybridized carbons (Fsp3) is 0.424. The monoisotopic (exact) mass is 522 g/mol. The van der Waals surface area contributed by atoms with Crippen LogP contribution in [0.15, 0.2) is 60.7 Å². The number of carbonyl (C=O) groups is 1. The number of rotatable bonds is 16. The van der Waals surface area contributed by atoms with Gasteiger partial charge in [0.2, 0.25) is 0 Å². The molecule has 0 aliphatic heterocycles. The lowest BCUT2D eigenvalue weighted by atomic mass is 10.0. The van der Waals surface area contributed by atoms with Gasteiger partial charge in [-0.1, -0.05) is 83.4 Å². The number of hydrogen-bond donors (Lipinski definition) is 0. The van der Waals surface area contributed by atoms with Gasteiger partial charge < -0.3 is 9.47 Å². The van der Waals surface area contributed by atoms with Crippen LogP contribution in [-0.2, 0) is 6.42 Å². The molecule has 0 bridgehead atoms. The first-order chi connectivity index (χ1) is 18.5. The zero-order chi connectivity index (χ0) is 27.2. The predicted octanol–water partition coefficient (Wildman–Crippen LogP) is 9.71. The molecule has 0 aromatic heterocycles. The summed E-state index contributed by atoms with van der Waals surface area (Å²) in [6.07, 6.45) is 12.2. The average Bonchev–Trinajstić information content (AvgIpc) is 2.92. The molecule has 0 amide bonds. The van der Waals surface area contributed by atoms with E-state index in [0.717, 1.165) is 37.7 Å². The lowest BCUT2D eigenvalue weighted by Crippen LogP contribution is -2.09. The molecule has 0 aliphatic rings. The van der Waals surface area contributed by atoms with Gasteiger partial charge in [-0.2, -0.15) is 0 Å². The van der Waals surface area contributed by atoms with Crippen LogP contribution < -0.4 is 9.47 Å². The van der Waals surface area contributed by atoms with Gasteiger partial charge in [0, 0.05) is 11.6 Å². The maximum atomic E-state index is 14.8. The molecule has 0 unspecified atom stereocenters. The third kappa shape index (κ3) is 9.27. The van der Waals surface area contributed by atoms with Gasteiger partial charge in [0.05, 0.1) is 12.2 Å². The van der Waals surface area contributed by atoms with Gasteiger partial charge in [-0.15, -0.1) is 0 Å². The van der Waals surface area contributed by atoms with Crippen LogP contribution in [0.4, 0.5) is 8.78 Å². The number of hydrogen-bond acceptors (Lipinski definition) is 3. The maximum Gasteiger partial charge on any atom is 0.343 e. The molecule has 0 heterocycles. The highest BCUT2D eigenvalue weighted by Crippen LogP contribution is 2.27. The molecule has 0 saturated heterocycles. The lowest BCUT2D eigenvalue weighted by molar-refractivity contribution is 0.0728. The van der Waals surface area contributed by atoms with E-state index in [1.54, 1.807) is 42.5 Å². The summed E-state index contributed by atoms with van der Waals surface area (Å²) in [4.78, 5) is 12.6. The zero-order valence-corrected chi connectivity index (χ0v) is 22.7. The molecule has 204 valence electrons. The fourth-order valence-electron chi connectivity index (χ4n) is 4.38. The first-order valence-electron chi connectivity index (χ1n) is 14.0. The topological polar surface area (TPSA) is 35.5 Å². The van der Waals surface area contributed by atoms with Crippen molar-refractivity contribution in [1.29, 1.82) is 0 Å². The molecule has 5 heteroatoms. The summed E-state index contributed by atoms with van der Waals surface area (Å²) in [7, 11) is 0. The molecular formula is C33H40F2O3. The van der Waals surface area contributed by atoms with E-state index in [4.69, 9.17) is 9.47 Å². The minimum atomic E-state index is -0.661. The number of unbranched alkanes of at least 4 members (excludes halogenated alkanes) is 8. The highest BCUT2D eigenvalue weighted by Gasteiger charge is 2.14. The van der Waals surface area contributed by atoms with E-state index < -0.39 is 17.6 Å². The number of ether oxygens (including phenoxy) is 2. The Morgan fingerprint density at radius 2 is 1.39 bits per heavy atom. The second kappa shape index (κ2) is 15.9. The SMILES string of the molecule is CCCCCCCOc1ccc(-c2ccc(C(=O)Oc3ccc(CCCCCCC)cc3F)cc2)c(F)c1. The molecule has 0 spiro atoms. The summed E-state index contributed by atoms with van der Waals surface area (Å²) in [5, 5.41) is 0. The molecule has 38 heavy (non-hydrogen) atoms. The summed E-state index contributed by atoms with van der Waals surface area (Å²) >= 11 is 0. The van der Waals surface area contributed by atoms with E-state index in [2.05, 4.69) is 13.8 Å². The molecule has 0 N–H and O–H groups in total. The van der Waals surface area contributed by atoms with Crippen molar-refractivity contribution >= 4 is 5.97 Å². The lowest BCUT2D eigenvalue weighted by Gasteiger charge is -2.10. The van der Waals surface area contributed by atoms with Crippen molar-refractivity contribution in [2.24, 2.45) is 0 Å². The summed E-state index contributed by atoms with van der Waals surface area (Å²) in [6.45, 7) is 4.92. The van der Waals surface area contributed by atoms with Crippen molar-refractivity contribution < 1.29 is 23.0 Å². The third-order valence-electron chi connectivity index (χ3n) is 6.66. The summed E-state index contributed by atoms with van der Waals surface area (Å²) in [6, 6.07) is 16.0. The van der Waals surface area contributed by atoms with Crippen LogP contribution in [0.1, 0.15) is 94.0 Å². The van der Waals surface area contributed by atoms with Crippen molar-refractivity contribution in [2.75, 3.05) is 6.61 Å². The van der Waals surface area contributed by atoms with Crippen LogP contribution >= 0.6 is 0 Å². The van der Waals surface area contributed by atoms with Crippen molar-refractivity contribution in [3.05, 3.63) is 83.4 Å². The van der Waals surface area contributed by atoms with Crippen LogP contribution in [0.3, 0.4) is 0 Å². The highest BCUT2D eigenvalue weighted by atomic mass is 19.1. The molecule has 0 saturated carbocycles. The smallest absolute Gasteiger partial charge is 0.343 e. The van der Waals surface area contributed by atoms with Crippen molar-refractivity contribution in [3.8, 4) is 22.6 Å². The molecule has 0 radical (unpaired) electrons. The molecule has 0 aliphatic carbocycles. The van der Waals surface area contributed by atoms with Crippen LogP contribution in [-0.4, -0.2) is 12.6 Å². The van der Waals surface area contributed by atoms with Gasteiger partial charge >= 0.3 is 5.97 Å². The average molecular weight is 523 g/mol. The van der Waals surface area contributed by atoms with Gasteiger partial charge in [0.15, 0.2) is 11.6 Å². The first-order valence-corrected chi connectivity index (χ1v) is 14.0. The molecule has 0 atom stereocenters. The summed E-state index contributed by atoms with van der Waals surface area (Å²) in [5.74, 6) is -1.19. The van der Waals surface area contributed by atoms with Crippen LogP contribution in [0.2, 0.25) is 0 Å². The van der Waals surface area contributed by atoms with E-state index in [-0.39, 0.29) is 11.3 Å². The third-order valence-corrected chi connectivity index (χ3v) is 6.66. The molecule has 3 rings (SSSR count). The molecular weight excluding hydrogens is 482 g/mol. The standard InChI is InChI=1S/C33H40F2O3/c1-3-5-7-9-11-13-25-14-21-32(31(35)23-25)38-33(36)27-17-15-26(16-18-27)29-20-19-28(24-30(29)34)37-22-12-10-8-6-4-2/h14-21,23-24H,3-13,22H2,1-2H3. The largest absolute Gasteiger partial charge is 0.493 e.